The van der Waals surface area contributed by atoms with E-state index in [0.29, 0.717) is 10.6 Å². The molecule has 0 fully saturated rings. The van der Waals surface area contributed by atoms with Gasteiger partial charge in [-0.3, -0.25) is 0 Å². The van der Waals surface area contributed by atoms with Gasteiger partial charge < -0.3 is 5.73 Å². The second-order valence-electron chi connectivity index (χ2n) is 4.27. The second kappa shape index (κ2) is 5.57. The van der Waals surface area contributed by atoms with Crippen molar-refractivity contribution in [1.82, 2.24) is 0 Å². The molecule has 2 aromatic carbocycles. The van der Waals surface area contributed by atoms with Gasteiger partial charge in [0.2, 0.25) is 0 Å². The Kier molecular flexibility index (Phi) is 4.23. The van der Waals surface area contributed by atoms with Gasteiger partial charge in [-0.05, 0) is 52.2 Å². The van der Waals surface area contributed by atoms with Crippen molar-refractivity contribution in [2.45, 2.75) is 13.0 Å². The summed E-state index contributed by atoms with van der Waals surface area (Å²) in [6.07, 6.45) is 0. The predicted molar refractivity (Wildman–Crippen MR) is 76.3 cm³/mol. The number of nitrogens with two attached hydrogens (primary N) is 1. The van der Waals surface area contributed by atoms with Crippen LogP contribution in [0.15, 0.2) is 34.8 Å². The fourth-order valence-electron chi connectivity index (χ4n) is 1.82. The SMILES string of the molecule is Cc1cc(C(N)c2cc(F)c(Br)cc2F)ccc1Cl. The van der Waals surface area contributed by atoms with Crippen LogP contribution in [0.1, 0.15) is 22.7 Å². The molecule has 0 bridgehead atoms. The van der Waals surface area contributed by atoms with Gasteiger partial charge in [0.1, 0.15) is 11.6 Å². The number of halogens is 4. The third kappa shape index (κ3) is 2.96. The van der Waals surface area contributed by atoms with E-state index in [9.17, 15) is 8.78 Å². The van der Waals surface area contributed by atoms with Gasteiger partial charge in [-0.25, -0.2) is 8.78 Å². The normalized spacial score (nSPS) is 12.5. The largest absolute Gasteiger partial charge is 0.320 e. The van der Waals surface area contributed by atoms with Crippen molar-refractivity contribution < 1.29 is 8.78 Å². The fraction of sp³-hybridized carbons (Fsp3) is 0.143. The van der Waals surface area contributed by atoms with Gasteiger partial charge in [0.05, 0.1) is 10.5 Å². The number of aryl methyl sites for hydroxylation is 1. The predicted octanol–water partition coefficient (Wildman–Crippen LogP) is 4.74. The summed E-state index contributed by atoms with van der Waals surface area (Å²) in [4.78, 5) is 0. The summed E-state index contributed by atoms with van der Waals surface area (Å²) >= 11 is 8.86. The average molecular weight is 347 g/mol. The Morgan fingerprint density at radius 3 is 2.47 bits per heavy atom. The lowest BCUT2D eigenvalue weighted by Gasteiger charge is -2.15. The van der Waals surface area contributed by atoms with E-state index in [1.54, 1.807) is 18.2 Å². The fourth-order valence-corrected chi connectivity index (χ4v) is 2.25. The van der Waals surface area contributed by atoms with Crippen molar-refractivity contribution >= 4 is 27.5 Å². The maximum atomic E-state index is 13.8. The summed E-state index contributed by atoms with van der Waals surface area (Å²) in [6.45, 7) is 1.83. The van der Waals surface area contributed by atoms with Gasteiger partial charge in [-0.2, -0.15) is 0 Å². The highest BCUT2D eigenvalue weighted by Gasteiger charge is 2.17. The lowest BCUT2D eigenvalue weighted by atomic mass is 9.97. The number of hydrogen-bond donors (Lipinski definition) is 1. The zero-order chi connectivity index (χ0) is 14.2. The van der Waals surface area contributed by atoms with E-state index in [4.69, 9.17) is 17.3 Å². The van der Waals surface area contributed by atoms with E-state index >= 15 is 0 Å². The average Bonchev–Trinajstić information content (AvgIpc) is 2.36. The van der Waals surface area contributed by atoms with Gasteiger partial charge >= 0.3 is 0 Å². The first kappa shape index (κ1) is 14.4. The smallest absolute Gasteiger partial charge is 0.137 e. The molecule has 1 atom stereocenters. The van der Waals surface area contributed by atoms with Crippen molar-refractivity contribution in [2.24, 2.45) is 5.73 Å². The molecule has 1 unspecified atom stereocenters. The molecule has 1 nitrogen and oxygen atoms in total. The molecule has 0 radical (unpaired) electrons. The first-order valence-corrected chi connectivity index (χ1v) is 6.73. The molecule has 0 aromatic heterocycles. The van der Waals surface area contributed by atoms with Crippen molar-refractivity contribution in [2.75, 3.05) is 0 Å². The van der Waals surface area contributed by atoms with Crippen LogP contribution < -0.4 is 5.73 Å². The minimum absolute atomic E-state index is 0.0771. The van der Waals surface area contributed by atoms with Gasteiger partial charge in [0.25, 0.3) is 0 Å². The zero-order valence-electron chi connectivity index (χ0n) is 10.1. The maximum Gasteiger partial charge on any atom is 0.137 e. The summed E-state index contributed by atoms with van der Waals surface area (Å²) in [7, 11) is 0. The topological polar surface area (TPSA) is 26.0 Å². The van der Waals surface area contributed by atoms with Crippen molar-refractivity contribution in [1.29, 1.82) is 0 Å². The van der Waals surface area contributed by atoms with E-state index < -0.39 is 17.7 Å². The first-order chi connectivity index (χ1) is 8.90. The Hall–Kier alpha value is -0.970. The molecule has 5 heteroatoms. The molecule has 2 rings (SSSR count). The van der Waals surface area contributed by atoms with Crippen LogP contribution in [0.25, 0.3) is 0 Å². The van der Waals surface area contributed by atoms with Crippen LogP contribution in [0.2, 0.25) is 5.02 Å². The number of benzene rings is 2. The summed E-state index contributed by atoms with van der Waals surface area (Å²) in [5, 5.41) is 0.610. The summed E-state index contributed by atoms with van der Waals surface area (Å²) in [6, 6.07) is 6.62. The van der Waals surface area contributed by atoms with Crippen molar-refractivity contribution in [3.05, 3.63) is 68.2 Å². The molecule has 0 saturated heterocycles. The second-order valence-corrected chi connectivity index (χ2v) is 5.54. The van der Waals surface area contributed by atoms with Crippen molar-refractivity contribution in [3.8, 4) is 0 Å². The molecule has 0 aliphatic heterocycles. The van der Waals surface area contributed by atoms with E-state index in [-0.39, 0.29) is 10.0 Å². The lowest BCUT2D eigenvalue weighted by Crippen LogP contribution is -2.14. The van der Waals surface area contributed by atoms with Crippen LogP contribution in [0.3, 0.4) is 0 Å². The lowest BCUT2D eigenvalue weighted by molar-refractivity contribution is 0.572. The first-order valence-electron chi connectivity index (χ1n) is 5.56. The van der Waals surface area contributed by atoms with Crippen LogP contribution >= 0.6 is 27.5 Å². The Bertz CT molecular complexity index is 631. The van der Waals surface area contributed by atoms with Gasteiger partial charge in [-0.1, -0.05) is 23.7 Å². The Morgan fingerprint density at radius 2 is 1.84 bits per heavy atom. The quantitative estimate of drug-likeness (QED) is 0.781. The molecular formula is C14H11BrClF2N. The van der Waals surface area contributed by atoms with Crippen LogP contribution in [-0.4, -0.2) is 0 Å². The Balaban J connectivity index is 2.46. The molecule has 100 valence electrons. The molecule has 2 N–H and O–H groups in total. The maximum absolute atomic E-state index is 13.8. The third-order valence-corrected chi connectivity index (χ3v) is 3.95. The van der Waals surface area contributed by atoms with E-state index in [2.05, 4.69) is 15.9 Å². The Labute approximate surface area is 123 Å². The molecule has 0 saturated carbocycles. The van der Waals surface area contributed by atoms with Gasteiger partial charge in [-0.15, -0.1) is 0 Å². The number of rotatable bonds is 2. The number of hydrogen-bond acceptors (Lipinski definition) is 1. The standard InChI is InChI=1S/C14H11BrClF2N/c1-7-4-8(2-3-11(7)16)14(19)9-5-13(18)10(15)6-12(9)17/h2-6,14H,19H2,1H3. The molecular weight excluding hydrogens is 336 g/mol. The summed E-state index contributed by atoms with van der Waals surface area (Å²) < 4.78 is 27.4. The molecule has 0 amide bonds. The minimum Gasteiger partial charge on any atom is -0.320 e. The van der Waals surface area contributed by atoms with E-state index in [1.807, 2.05) is 6.92 Å². The highest BCUT2D eigenvalue weighted by molar-refractivity contribution is 9.10. The molecule has 0 spiro atoms. The van der Waals surface area contributed by atoms with Gasteiger partial charge in [0.15, 0.2) is 0 Å². The molecule has 19 heavy (non-hydrogen) atoms. The van der Waals surface area contributed by atoms with Crippen LogP contribution in [0.5, 0.6) is 0 Å². The molecule has 0 heterocycles. The summed E-state index contributed by atoms with van der Waals surface area (Å²) in [5.41, 5.74) is 7.63. The zero-order valence-corrected chi connectivity index (χ0v) is 12.4. The van der Waals surface area contributed by atoms with E-state index in [0.717, 1.165) is 17.7 Å². The minimum atomic E-state index is -0.737. The van der Waals surface area contributed by atoms with E-state index in [1.165, 1.54) is 0 Å². The highest BCUT2D eigenvalue weighted by atomic mass is 79.9. The molecule has 0 aliphatic carbocycles. The third-order valence-electron chi connectivity index (χ3n) is 2.92. The highest BCUT2D eigenvalue weighted by Crippen LogP contribution is 2.28. The summed E-state index contributed by atoms with van der Waals surface area (Å²) in [5.74, 6) is -1.09. The molecule has 0 aliphatic rings. The van der Waals surface area contributed by atoms with Crippen LogP contribution in [0.4, 0.5) is 8.78 Å². The molecule has 2 aromatic rings. The van der Waals surface area contributed by atoms with Gasteiger partial charge in [0, 0.05) is 10.6 Å². The Morgan fingerprint density at radius 1 is 1.16 bits per heavy atom. The van der Waals surface area contributed by atoms with Crippen LogP contribution in [-0.2, 0) is 0 Å². The monoisotopic (exact) mass is 345 g/mol. The van der Waals surface area contributed by atoms with Crippen molar-refractivity contribution in [3.63, 3.8) is 0 Å². The van der Waals surface area contributed by atoms with Crippen LogP contribution in [0, 0.1) is 18.6 Å².